The fourth-order valence-electron chi connectivity index (χ4n) is 1.57. The van der Waals surface area contributed by atoms with Crippen molar-refractivity contribution in [1.29, 1.82) is 0 Å². The van der Waals surface area contributed by atoms with Gasteiger partial charge in [0.15, 0.2) is 5.96 Å². The van der Waals surface area contributed by atoms with Crippen LogP contribution >= 0.6 is 15.9 Å². The fraction of sp³-hybridized carbons (Fsp3) is 0.143. The number of rotatable bonds is 4. The number of nitrogens with zero attached hydrogens (tertiary/aromatic N) is 2. The highest BCUT2D eigenvalue weighted by Crippen LogP contribution is 2.10. The van der Waals surface area contributed by atoms with Crippen molar-refractivity contribution in [2.75, 3.05) is 11.9 Å². The van der Waals surface area contributed by atoms with Gasteiger partial charge in [0.05, 0.1) is 0 Å². The molecule has 0 fully saturated rings. The zero-order valence-corrected chi connectivity index (χ0v) is 12.0. The number of nitrogens with one attached hydrogen (secondary N) is 1. The van der Waals surface area contributed by atoms with E-state index in [4.69, 9.17) is 5.73 Å². The molecule has 19 heavy (non-hydrogen) atoms. The van der Waals surface area contributed by atoms with Crippen molar-refractivity contribution in [2.45, 2.75) is 6.42 Å². The minimum Gasteiger partial charge on any atom is -0.370 e. The van der Waals surface area contributed by atoms with E-state index in [-0.39, 0.29) is 0 Å². The lowest BCUT2D eigenvalue weighted by molar-refractivity contribution is 0.964. The van der Waals surface area contributed by atoms with Crippen LogP contribution in [0.2, 0.25) is 0 Å². The van der Waals surface area contributed by atoms with E-state index < -0.39 is 0 Å². The van der Waals surface area contributed by atoms with Gasteiger partial charge in [0.25, 0.3) is 0 Å². The third-order valence-corrected chi connectivity index (χ3v) is 2.98. The van der Waals surface area contributed by atoms with E-state index in [9.17, 15) is 0 Å². The number of aliphatic imine (C=N–C) groups is 1. The summed E-state index contributed by atoms with van der Waals surface area (Å²) in [6.45, 7) is 0.652. The van der Waals surface area contributed by atoms with Crippen LogP contribution in [0.5, 0.6) is 0 Å². The molecule has 0 bridgehead atoms. The highest BCUT2D eigenvalue weighted by atomic mass is 79.9. The number of hydrogen-bond donors (Lipinski definition) is 2. The van der Waals surface area contributed by atoms with E-state index in [1.165, 1.54) is 5.56 Å². The van der Waals surface area contributed by atoms with Gasteiger partial charge in [0.2, 0.25) is 0 Å². The van der Waals surface area contributed by atoms with Gasteiger partial charge in [-0.05, 0) is 40.0 Å². The van der Waals surface area contributed by atoms with Crippen molar-refractivity contribution in [2.24, 2.45) is 10.7 Å². The maximum absolute atomic E-state index is 5.80. The molecule has 0 radical (unpaired) electrons. The second-order valence-electron chi connectivity index (χ2n) is 3.99. The van der Waals surface area contributed by atoms with Gasteiger partial charge < -0.3 is 11.1 Å². The number of aromatic nitrogens is 1. The van der Waals surface area contributed by atoms with Gasteiger partial charge in [0.1, 0.15) is 5.82 Å². The average molecular weight is 319 g/mol. The van der Waals surface area contributed by atoms with Crippen LogP contribution in [0.1, 0.15) is 5.56 Å². The van der Waals surface area contributed by atoms with Crippen molar-refractivity contribution in [3.63, 3.8) is 0 Å². The molecule has 2 aromatic rings. The van der Waals surface area contributed by atoms with Gasteiger partial charge in [-0.15, -0.1) is 0 Å². The quantitative estimate of drug-likeness (QED) is 0.673. The topological polar surface area (TPSA) is 63.3 Å². The van der Waals surface area contributed by atoms with E-state index in [0.29, 0.717) is 18.3 Å². The van der Waals surface area contributed by atoms with Crippen LogP contribution in [0, 0.1) is 0 Å². The summed E-state index contributed by atoms with van der Waals surface area (Å²) in [6, 6.07) is 13.9. The van der Waals surface area contributed by atoms with Crippen molar-refractivity contribution in [3.8, 4) is 0 Å². The highest BCUT2D eigenvalue weighted by Gasteiger charge is 1.96. The lowest BCUT2D eigenvalue weighted by Crippen LogP contribution is -2.23. The summed E-state index contributed by atoms with van der Waals surface area (Å²) in [6.07, 6.45) is 2.58. The molecule has 0 aliphatic rings. The van der Waals surface area contributed by atoms with Gasteiger partial charge in [-0.3, -0.25) is 4.99 Å². The molecule has 98 valence electrons. The Kier molecular flexibility index (Phi) is 4.92. The predicted molar refractivity (Wildman–Crippen MR) is 82.2 cm³/mol. The Bertz CT molecular complexity index is 537. The number of hydrogen-bond acceptors (Lipinski definition) is 2. The van der Waals surface area contributed by atoms with Gasteiger partial charge in [-0.25, -0.2) is 4.98 Å². The zero-order chi connectivity index (χ0) is 13.5. The Balaban J connectivity index is 1.84. The zero-order valence-electron chi connectivity index (χ0n) is 10.4. The van der Waals surface area contributed by atoms with Crippen molar-refractivity contribution >= 4 is 27.7 Å². The molecule has 0 atom stereocenters. The molecule has 1 aromatic carbocycles. The van der Waals surface area contributed by atoms with E-state index in [1.807, 2.05) is 30.3 Å². The summed E-state index contributed by atoms with van der Waals surface area (Å²) in [5.41, 5.74) is 7.05. The number of pyridine rings is 1. The molecule has 0 amide bonds. The lowest BCUT2D eigenvalue weighted by atomic mass is 10.2. The first-order chi connectivity index (χ1) is 9.24. The SMILES string of the molecule is NC(=NCCc1ccccc1)Nc1ccc(Br)cn1. The summed E-state index contributed by atoms with van der Waals surface area (Å²) in [7, 11) is 0. The average Bonchev–Trinajstić information content (AvgIpc) is 2.43. The van der Waals surface area contributed by atoms with Crippen LogP contribution in [0.15, 0.2) is 58.1 Å². The molecule has 0 unspecified atom stereocenters. The molecule has 0 saturated carbocycles. The maximum Gasteiger partial charge on any atom is 0.194 e. The Morgan fingerprint density at radius 2 is 2.00 bits per heavy atom. The molecule has 4 nitrogen and oxygen atoms in total. The summed E-state index contributed by atoms with van der Waals surface area (Å²) >= 11 is 3.33. The van der Waals surface area contributed by atoms with E-state index in [1.54, 1.807) is 6.20 Å². The molecule has 1 heterocycles. The standard InChI is InChI=1S/C14H15BrN4/c15-12-6-7-13(18-10-12)19-14(16)17-9-8-11-4-2-1-3-5-11/h1-7,10H,8-9H2,(H3,16,17,18,19). The van der Waals surface area contributed by atoms with Crippen LogP contribution < -0.4 is 11.1 Å². The molecule has 3 N–H and O–H groups in total. The van der Waals surface area contributed by atoms with Crippen LogP contribution in [-0.4, -0.2) is 17.5 Å². The van der Waals surface area contributed by atoms with Crippen LogP contribution in [0.3, 0.4) is 0 Å². The van der Waals surface area contributed by atoms with Crippen molar-refractivity contribution in [1.82, 2.24) is 4.98 Å². The van der Waals surface area contributed by atoms with Gasteiger partial charge in [-0.1, -0.05) is 30.3 Å². The molecule has 0 saturated heterocycles. The smallest absolute Gasteiger partial charge is 0.194 e. The van der Waals surface area contributed by atoms with E-state index in [0.717, 1.165) is 10.9 Å². The minimum absolute atomic E-state index is 0.380. The number of guanidine groups is 1. The summed E-state index contributed by atoms with van der Waals surface area (Å²) in [5, 5.41) is 2.95. The lowest BCUT2D eigenvalue weighted by Gasteiger charge is -2.04. The normalized spacial score (nSPS) is 11.3. The third kappa shape index (κ3) is 4.71. The van der Waals surface area contributed by atoms with Gasteiger partial charge in [0, 0.05) is 17.2 Å². The van der Waals surface area contributed by atoms with Gasteiger partial charge >= 0.3 is 0 Å². The predicted octanol–water partition coefficient (Wildman–Crippen LogP) is 2.81. The molecule has 1 aromatic heterocycles. The number of benzene rings is 1. The first-order valence-corrected chi connectivity index (χ1v) is 6.76. The molecule has 0 aliphatic carbocycles. The second-order valence-corrected chi connectivity index (χ2v) is 4.90. The fourth-order valence-corrected chi connectivity index (χ4v) is 1.81. The minimum atomic E-state index is 0.380. The van der Waals surface area contributed by atoms with Crippen LogP contribution in [0.25, 0.3) is 0 Å². The van der Waals surface area contributed by atoms with E-state index >= 15 is 0 Å². The first kappa shape index (κ1) is 13.5. The van der Waals surface area contributed by atoms with Crippen molar-refractivity contribution in [3.05, 3.63) is 58.7 Å². The highest BCUT2D eigenvalue weighted by molar-refractivity contribution is 9.10. The largest absolute Gasteiger partial charge is 0.370 e. The Hall–Kier alpha value is -1.88. The molecular weight excluding hydrogens is 304 g/mol. The van der Waals surface area contributed by atoms with Gasteiger partial charge in [-0.2, -0.15) is 0 Å². The van der Waals surface area contributed by atoms with Crippen molar-refractivity contribution < 1.29 is 0 Å². The molecular formula is C14H15BrN4. The second kappa shape index (κ2) is 6.89. The third-order valence-electron chi connectivity index (χ3n) is 2.51. The molecule has 0 spiro atoms. The molecule has 5 heteroatoms. The molecule has 2 rings (SSSR count). The molecule has 0 aliphatic heterocycles. The van der Waals surface area contributed by atoms with E-state index in [2.05, 4.69) is 43.4 Å². The Labute approximate surface area is 120 Å². The van der Waals surface area contributed by atoms with Crippen LogP contribution in [0.4, 0.5) is 5.82 Å². The summed E-state index contributed by atoms with van der Waals surface area (Å²) in [4.78, 5) is 8.43. The first-order valence-electron chi connectivity index (χ1n) is 5.96. The van der Waals surface area contributed by atoms with Crippen LogP contribution in [-0.2, 0) is 6.42 Å². The number of nitrogens with two attached hydrogens (primary N) is 1. The summed E-state index contributed by atoms with van der Waals surface area (Å²) < 4.78 is 0.928. The monoisotopic (exact) mass is 318 g/mol. The maximum atomic E-state index is 5.80. The number of halogens is 1. The Morgan fingerprint density at radius 3 is 2.68 bits per heavy atom. The Morgan fingerprint density at radius 1 is 1.21 bits per heavy atom. The summed E-state index contributed by atoms with van der Waals surface area (Å²) in [5.74, 6) is 1.06. The number of anilines is 1.